The van der Waals surface area contributed by atoms with Gasteiger partial charge in [0.05, 0.1) is 22.2 Å². The van der Waals surface area contributed by atoms with E-state index in [1.807, 2.05) is 27.7 Å². The molecule has 1 aliphatic carbocycles. The minimum absolute atomic E-state index is 0.0425. The second-order valence-corrected chi connectivity index (χ2v) is 6.89. The van der Waals surface area contributed by atoms with E-state index in [0.717, 1.165) is 12.8 Å². The van der Waals surface area contributed by atoms with Crippen molar-refractivity contribution >= 4 is 18.3 Å². The van der Waals surface area contributed by atoms with E-state index < -0.39 is 23.2 Å². The van der Waals surface area contributed by atoms with Crippen LogP contribution in [0.2, 0.25) is 0 Å². The summed E-state index contributed by atoms with van der Waals surface area (Å²) < 4.78 is 17.5. The fourth-order valence-electron chi connectivity index (χ4n) is 2.27. The van der Waals surface area contributed by atoms with Crippen molar-refractivity contribution in [2.75, 3.05) is 0 Å². The molecule has 2 fully saturated rings. The molecule has 0 atom stereocenters. The number of nitro groups is 1. The maximum Gasteiger partial charge on any atom is 0.495 e. The molecule has 1 saturated heterocycles. The van der Waals surface area contributed by atoms with Crippen molar-refractivity contribution in [2.24, 2.45) is 0 Å². The first-order valence-corrected chi connectivity index (χ1v) is 7.50. The fraction of sp³-hybridized carbons (Fsp3) is 0.600. The number of hydrogen-bond donors (Lipinski definition) is 0. The van der Waals surface area contributed by atoms with Crippen LogP contribution in [-0.2, 0) is 9.31 Å². The van der Waals surface area contributed by atoms with Crippen molar-refractivity contribution in [1.29, 1.82) is 0 Å². The predicted molar refractivity (Wildman–Crippen MR) is 82.5 cm³/mol. The zero-order valence-electron chi connectivity index (χ0n) is 13.3. The van der Waals surface area contributed by atoms with Crippen LogP contribution in [0.25, 0.3) is 0 Å². The van der Waals surface area contributed by atoms with Gasteiger partial charge in [0.2, 0.25) is 0 Å². The molecule has 1 heterocycles. The van der Waals surface area contributed by atoms with Crippen LogP contribution in [0.1, 0.15) is 40.5 Å². The van der Waals surface area contributed by atoms with Gasteiger partial charge in [0.25, 0.3) is 0 Å². The summed E-state index contributed by atoms with van der Waals surface area (Å²) in [5.41, 5.74) is -0.363. The summed E-state index contributed by atoms with van der Waals surface area (Å²) in [5.74, 6) is 0.313. The van der Waals surface area contributed by atoms with Crippen molar-refractivity contribution < 1.29 is 19.0 Å². The summed E-state index contributed by atoms with van der Waals surface area (Å²) in [6.45, 7) is 7.80. The highest BCUT2D eigenvalue weighted by Crippen LogP contribution is 2.37. The van der Waals surface area contributed by atoms with Crippen molar-refractivity contribution in [2.45, 2.75) is 57.8 Å². The van der Waals surface area contributed by atoms with Crippen LogP contribution >= 0.6 is 0 Å². The van der Waals surface area contributed by atoms with Gasteiger partial charge >= 0.3 is 12.8 Å². The van der Waals surface area contributed by atoms with Crippen LogP contribution in [0.15, 0.2) is 18.2 Å². The second-order valence-electron chi connectivity index (χ2n) is 6.89. The molecule has 0 radical (unpaired) electrons. The molecule has 118 valence electrons. The molecule has 0 amide bonds. The Hall–Kier alpha value is -1.60. The number of hydrogen-bond acceptors (Lipinski definition) is 5. The monoisotopic (exact) mass is 305 g/mol. The second kappa shape index (κ2) is 4.96. The predicted octanol–water partition coefficient (Wildman–Crippen LogP) is 2.44. The Morgan fingerprint density at radius 3 is 2.32 bits per heavy atom. The van der Waals surface area contributed by atoms with E-state index in [-0.39, 0.29) is 11.8 Å². The van der Waals surface area contributed by atoms with Gasteiger partial charge in [0, 0.05) is 6.07 Å². The van der Waals surface area contributed by atoms with Gasteiger partial charge in [-0.1, -0.05) is 6.07 Å². The van der Waals surface area contributed by atoms with Crippen LogP contribution < -0.4 is 10.2 Å². The van der Waals surface area contributed by atoms with Gasteiger partial charge in [-0.25, -0.2) is 0 Å². The summed E-state index contributed by atoms with van der Waals surface area (Å²) in [4.78, 5) is 10.9. The lowest BCUT2D eigenvalue weighted by atomic mass is 9.79. The van der Waals surface area contributed by atoms with Crippen molar-refractivity contribution in [3.8, 4) is 5.75 Å². The molecule has 0 unspecified atom stereocenters. The Morgan fingerprint density at radius 2 is 1.82 bits per heavy atom. The van der Waals surface area contributed by atoms with E-state index in [0.29, 0.717) is 11.2 Å². The molecule has 7 heteroatoms. The van der Waals surface area contributed by atoms with Gasteiger partial charge < -0.3 is 14.0 Å². The SMILES string of the molecule is CC1(C)OB(c2ccc(OC3CC3)c([N+](=O)[O-])c2)OC1(C)C. The van der Waals surface area contributed by atoms with Crippen LogP contribution in [0, 0.1) is 10.1 Å². The topological polar surface area (TPSA) is 70.8 Å². The van der Waals surface area contributed by atoms with Crippen LogP contribution in [-0.4, -0.2) is 29.3 Å². The normalized spacial score (nSPS) is 22.6. The lowest BCUT2D eigenvalue weighted by Crippen LogP contribution is -2.41. The van der Waals surface area contributed by atoms with Crippen molar-refractivity contribution in [3.05, 3.63) is 28.3 Å². The summed E-state index contributed by atoms with van der Waals surface area (Å²) in [5, 5.41) is 11.3. The van der Waals surface area contributed by atoms with E-state index >= 15 is 0 Å². The van der Waals surface area contributed by atoms with E-state index in [1.54, 1.807) is 12.1 Å². The maximum atomic E-state index is 11.3. The lowest BCUT2D eigenvalue weighted by Gasteiger charge is -2.32. The molecule has 0 bridgehead atoms. The summed E-state index contributed by atoms with van der Waals surface area (Å²) in [7, 11) is -0.612. The number of benzene rings is 1. The highest BCUT2D eigenvalue weighted by atomic mass is 16.7. The van der Waals surface area contributed by atoms with E-state index in [4.69, 9.17) is 14.0 Å². The minimum Gasteiger partial charge on any atom is -0.483 e. The summed E-state index contributed by atoms with van der Waals surface area (Å²) in [6, 6.07) is 4.89. The van der Waals surface area contributed by atoms with Gasteiger partial charge in [-0.3, -0.25) is 10.1 Å². The quantitative estimate of drug-likeness (QED) is 0.485. The van der Waals surface area contributed by atoms with Crippen LogP contribution in [0.3, 0.4) is 0 Å². The average Bonchev–Trinajstić information content (AvgIpc) is 3.17. The largest absolute Gasteiger partial charge is 0.495 e. The van der Waals surface area contributed by atoms with Crippen molar-refractivity contribution in [3.63, 3.8) is 0 Å². The first-order chi connectivity index (χ1) is 10.2. The molecule has 0 spiro atoms. The minimum atomic E-state index is -0.612. The molecule has 0 aromatic heterocycles. The van der Waals surface area contributed by atoms with Crippen LogP contribution in [0.4, 0.5) is 5.69 Å². The zero-order chi connectivity index (χ0) is 16.1. The standard InChI is InChI=1S/C15H20BNO5/c1-14(2)15(3,4)22-16(21-14)10-5-8-13(20-11-6-7-11)12(9-10)17(18)19/h5,8-9,11H,6-7H2,1-4H3. The molecule has 6 nitrogen and oxygen atoms in total. The number of ether oxygens (including phenoxy) is 1. The van der Waals surface area contributed by atoms with Gasteiger partial charge in [0.15, 0.2) is 5.75 Å². The van der Waals surface area contributed by atoms with Gasteiger partial charge in [0.1, 0.15) is 0 Å². The summed E-state index contributed by atoms with van der Waals surface area (Å²) >= 11 is 0. The van der Waals surface area contributed by atoms with Crippen molar-refractivity contribution in [1.82, 2.24) is 0 Å². The highest BCUT2D eigenvalue weighted by Gasteiger charge is 2.52. The third-order valence-electron chi connectivity index (χ3n) is 4.52. The lowest BCUT2D eigenvalue weighted by molar-refractivity contribution is -0.385. The number of nitro benzene ring substituents is 1. The number of nitrogens with zero attached hydrogens (tertiary/aromatic N) is 1. The third-order valence-corrected chi connectivity index (χ3v) is 4.52. The highest BCUT2D eigenvalue weighted by molar-refractivity contribution is 6.62. The number of rotatable bonds is 4. The Morgan fingerprint density at radius 1 is 1.23 bits per heavy atom. The molecule has 1 aromatic carbocycles. The first kappa shape index (κ1) is 15.3. The Kier molecular flexibility index (Phi) is 3.45. The molecule has 0 N–H and O–H groups in total. The zero-order valence-corrected chi connectivity index (χ0v) is 13.3. The van der Waals surface area contributed by atoms with E-state index in [2.05, 4.69) is 0 Å². The molecule has 1 aliphatic heterocycles. The molecule has 2 aliphatic rings. The van der Waals surface area contributed by atoms with Gasteiger partial charge in [-0.15, -0.1) is 0 Å². The molecule has 1 aromatic rings. The van der Waals surface area contributed by atoms with Gasteiger partial charge in [-0.2, -0.15) is 0 Å². The Balaban J connectivity index is 1.89. The fourth-order valence-corrected chi connectivity index (χ4v) is 2.27. The first-order valence-electron chi connectivity index (χ1n) is 7.50. The van der Waals surface area contributed by atoms with E-state index in [1.165, 1.54) is 6.07 Å². The smallest absolute Gasteiger partial charge is 0.483 e. The molecular formula is C15H20BNO5. The Bertz CT molecular complexity index is 596. The third kappa shape index (κ3) is 2.70. The Labute approximate surface area is 130 Å². The molecule has 22 heavy (non-hydrogen) atoms. The average molecular weight is 305 g/mol. The van der Waals surface area contributed by atoms with E-state index in [9.17, 15) is 10.1 Å². The molecular weight excluding hydrogens is 285 g/mol. The molecule has 1 saturated carbocycles. The maximum absolute atomic E-state index is 11.3. The summed E-state index contributed by atoms with van der Waals surface area (Å²) in [6.07, 6.45) is 2.02. The van der Waals surface area contributed by atoms with Crippen LogP contribution in [0.5, 0.6) is 5.75 Å². The molecule has 3 rings (SSSR count). The van der Waals surface area contributed by atoms with Gasteiger partial charge in [-0.05, 0) is 52.1 Å².